The number of anilines is 1. The highest BCUT2D eigenvalue weighted by molar-refractivity contribution is 9.11. The first-order valence-electron chi connectivity index (χ1n) is 7.86. The number of rotatable bonds is 6. The third-order valence-electron chi connectivity index (χ3n) is 3.71. The maximum atomic E-state index is 6.18. The second kappa shape index (κ2) is 9.27. The minimum absolute atomic E-state index is 0.502. The Balaban J connectivity index is 1.67. The summed E-state index contributed by atoms with van der Waals surface area (Å²) in [6, 6.07) is 19.9. The normalized spacial score (nSPS) is 10.6. The van der Waals surface area contributed by atoms with Crippen LogP contribution in [0.5, 0.6) is 5.75 Å². The monoisotopic (exact) mass is 557 g/mol. The zero-order valence-electron chi connectivity index (χ0n) is 13.6. The van der Waals surface area contributed by atoms with E-state index in [1.165, 1.54) is 0 Å². The third-order valence-corrected chi connectivity index (χ3v) is 5.75. The Kier molecular flexibility index (Phi) is 7.04. The van der Waals surface area contributed by atoms with Crippen molar-refractivity contribution in [1.29, 1.82) is 0 Å². The van der Waals surface area contributed by atoms with Crippen molar-refractivity contribution in [3.8, 4) is 5.75 Å². The van der Waals surface area contributed by atoms with Crippen LogP contribution in [-0.4, -0.2) is 0 Å². The number of hydrogen-bond donors (Lipinski definition) is 1. The van der Waals surface area contributed by atoms with E-state index in [2.05, 4.69) is 53.1 Å². The van der Waals surface area contributed by atoms with Crippen molar-refractivity contribution in [1.82, 2.24) is 0 Å². The lowest BCUT2D eigenvalue weighted by Gasteiger charge is -2.14. The Hall–Kier alpha value is -1.01. The molecule has 0 unspecified atom stereocenters. The molecule has 0 aliphatic heterocycles. The van der Waals surface area contributed by atoms with Gasteiger partial charge in [-0.15, -0.1) is 0 Å². The molecular weight excluding hydrogens is 545 g/mol. The number of benzene rings is 3. The Morgan fingerprint density at radius 2 is 1.50 bits per heavy atom. The van der Waals surface area contributed by atoms with Gasteiger partial charge in [-0.3, -0.25) is 0 Å². The van der Waals surface area contributed by atoms with Gasteiger partial charge in [0.2, 0.25) is 0 Å². The number of para-hydroxylation sites is 1. The molecule has 2 nitrogen and oxygen atoms in total. The first-order valence-corrected chi connectivity index (χ1v) is 10.6. The van der Waals surface area contributed by atoms with Crippen molar-refractivity contribution in [3.63, 3.8) is 0 Å². The molecule has 0 atom stereocenters. The summed E-state index contributed by atoms with van der Waals surface area (Å²) in [5, 5.41) is 4.06. The van der Waals surface area contributed by atoms with Crippen molar-refractivity contribution < 1.29 is 4.74 Å². The quantitative estimate of drug-likeness (QED) is 0.332. The molecule has 0 saturated carbocycles. The van der Waals surface area contributed by atoms with Crippen molar-refractivity contribution >= 4 is 65.1 Å². The predicted molar refractivity (Wildman–Crippen MR) is 119 cm³/mol. The number of halogens is 4. The van der Waals surface area contributed by atoms with E-state index in [0.717, 1.165) is 36.0 Å². The number of nitrogens with one attached hydrogen (secondary N) is 1. The molecule has 134 valence electrons. The largest absolute Gasteiger partial charge is 0.487 e. The van der Waals surface area contributed by atoms with E-state index in [9.17, 15) is 0 Å². The van der Waals surface area contributed by atoms with Crippen LogP contribution in [0.2, 0.25) is 5.02 Å². The maximum Gasteiger partial charge on any atom is 0.148 e. The summed E-state index contributed by atoms with van der Waals surface area (Å²) in [5.41, 5.74) is 3.13. The van der Waals surface area contributed by atoms with Crippen LogP contribution in [-0.2, 0) is 13.2 Å². The molecule has 3 rings (SSSR count). The van der Waals surface area contributed by atoms with E-state index in [4.69, 9.17) is 16.3 Å². The molecular formula is C20H15Br3ClNO. The van der Waals surface area contributed by atoms with Crippen LogP contribution in [0.4, 0.5) is 5.69 Å². The topological polar surface area (TPSA) is 21.3 Å². The van der Waals surface area contributed by atoms with Crippen LogP contribution in [0.25, 0.3) is 0 Å². The maximum absolute atomic E-state index is 6.18. The molecule has 3 aromatic carbocycles. The van der Waals surface area contributed by atoms with Gasteiger partial charge in [-0.25, -0.2) is 0 Å². The van der Waals surface area contributed by atoms with Crippen molar-refractivity contribution in [2.24, 2.45) is 0 Å². The minimum atomic E-state index is 0.502. The Morgan fingerprint density at radius 3 is 2.15 bits per heavy atom. The number of ether oxygens (including phenoxy) is 1. The second-order valence-electron chi connectivity index (χ2n) is 5.64. The summed E-state index contributed by atoms with van der Waals surface area (Å²) >= 11 is 16.8. The second-order valence-corrected chi connectivity index (χ2v) is 8.67. The van der Waals surface area contributed by atoms with Gasteiger partial charge in [-0.1, -0.05) is 51.8 Å². The highest BCUT2D eigenvalue weighted by atomic mass is 79.9. The third kappa shape index (κ3) is 5.26. The van der Waals surface area contributed by atoms with Gasteiger partial charge in [0.25, 0.3) is 0 Å². The zero-order valence-corrected chi connectivity index (χ0v) is 19.1. The van der Waals surface area contributed by atoms with Crippen LogP contribution >= 0.6 is 59.4 Å². The molecule has 0 bridgehead atoms. The van der Waals surface area contributed by atoms with Gasteiger partial charge in [-0.2, -0.15) is 0 Å². The first-order chi connectivity index (χ1) is 12.5. The first kappa shape index (κ1) is 19.7. The van der Waals surface area contributed by atoms with Crippen molar-refractivity contribution in [2.45, 2.75) is 13.2 Å². The Morgan fingerprint density at radius 1 is 0.846 bits per heavy atom. The molecule has 1 N–H and O–H groups in total. The summed E-state index contributed by atoms with van der Waals surface area (Å²) in [7, 11) is 0. The van der Waals surface area contributed by atoms with E-state index >= 15 is 0 Å². The van der Waals surface area contributed by atoms with Gasteiger partial charge >= 0.3 is 0 Å². The van der Waals surface area contributed by atoms with Gasteiger partial charge in [0.15, 0.2) is 0 Å². The molecule has 0 radical (unpaired) electrons. The summed E-state index contributed by atoms with van der Waals surface area (Å²) < 4.78 is 8.84. The Bertz CT molecular complexity index is 877. The predicted octanol–water partition coefficient (Wildman–Crippen LogP) is 7.82. The summed E-state index contributed by atoms with van der Waals surface area (Å²) in [6.45, 7) is 1.16. The van der Waals surface area contributed by atoms with Crippen molar-refractivity contribution in [3.05, 3.63) is 90.2 Å². The van der Waals surface area contributed by atoms with Crippen LogP contribution in [0.1, 0.15) is 11.1 Å². The molecule has 26 heavy (non-hydrogen) atoms. The molecule has 0 saturated heterocycles. The Labute approximate surface area is 183 Å². The van der Waals surface area contributed by atoms with E-state index in [-0.39, 0.29) is 0 Å². The molecule has 0 spiro atoms. The molecule has 6 heteroatoms. The molecule has 0 aliphatic rings. The van der Waals surface area contributed by atoms with Crippen LogP contribution < -0.4 is 10.1 Å². The van der Waals surface area contributed by atoms with Gasteiger partial charge in [0.1, 0.15) is 12.4 Å². The summed E-state index contributed by atoms with van der Waals surface area (Å²) in [4.78, 5) is 0. The van der Waals surface area contributed by atoms with Gasteiger partial charge < -0.3 is 10.1 Å². The molecule has 0 fully saturated rings. The highest BCUT2D eigenvalue weighted by Crippen LogP contribution is 2.35. The average molecular weight is 561 g/mol. The molecule has 3 aromatic rings. The van der Waals surface area contributed by atoms with Crippen LogP contribution in [0.15, 0.2) is 74.1 Å². The standard InChI is InChI=1S/C20H15Br3ClNO/c21-15-7-5-13(6-8-15)12-26-20-16(22)9-14(10-17(20)23)11-25-19-4-2-1-3-18(19)24/h1-10,25H,11-12H2. The van der Waals surface area contributed by atoms with Crippen LogP contribution in [0, 0.1) is 0 Å². The molecule has 0 aromatic heterocycles. The van der Waals surface area contributed by atoms with Gasteiger partial charge in [0, 0.05) is 11.0 Å². The fourth-order valence-electron chi connectivity index (χ4n) is 2.39. The lowest BCUT2D eigenvalue weighted by molar-refractivity contribution is 0.302. The minimum Gasteiger partial charge on any atom is -0.487 e. The highest BCUT2D eigenvalue weighted by Gasteiger charge is 2.10. The van der Waals surface area contributed by atoms with E-state index in [1.54, 1.807) is 0 Å². The summed E-state index contributed by atoms with van der Waals surface area (Å²) in [6.07, 6.45) is 0. The lowest BCUT2D eigenvalue weighted by atomic mass is 10.2. The smallest absolute Gasteiger partial charge is 0.148 e. The average Bonchev–Trinajstić information content (AvgIpc) is 2.62. The van der Waals surface area contributed by atoms with E-state index in [1.807, 2.05) is 60.7 Å². The van der Waals surface area contributed by atoms with E-state index in [0.29, 0.717) is 18.2 Å². The van der Waals surface area contributed by atoms with Gasteiger partial charge in [-0.05, 0) is 79.4 Å². The number of hydrogen-bond acceptors (Lipinski definition) is 2. The molecule has 0 aliphatic carbocycles. The van der Waals surface area contributed by atoms with Gasteiger partial charge in [0.05, 0.1) is 19.7 Å². The molecule has 0 amide bonds. The zero-order chi connectivity index (χ0) is 18.5. The molecule has 0 heterocycles. The van der Waals surface area contributed by atoms with Crippen LogP contribution in [0.3, 0.4) is 0 Å². The lowest BCUT2D eigenvalue weighted by Crippen LogP contribution is -2.02. The SMILES string of the molecule is Clc1ccccc1NCc1cc(Br)c(OCc2ccc(Br)cc2)c(Br)c1. The van der Waals surface area contributed by atoms with Crippen molar-refractivity contribution in [2.75, 3.05) is 5.32 Å². The summed E-state index contributed by atoms with van der Waals surface area (Å²) in [5.74, 6) is 0.786. The van der Waals surface area contributed by atoms with E-state index < -0.39 is 0 Å². The fourth-order valence-corrected chi connectivity index (χ4v) is 4.37. The fraction of sp³-hybridized carbons (Fsp3) is 0.100.